The first-order valence-electron chi connectivity index (χ1n) is 4.04. The van der Waals surface area contributed by atoms with Gasteiger partial charge in [-0.3, -0.25) is 0 Å². The van der Waals surface area contributed by atoms with Crippen LogP contribution < -0.4 is 4.74 Å². The van der Waals surface area contributed by atoms with E-state index >= 15 is 0 Å². The van der Waals surface area contributed by atoms with E-state index in [4.69, 9.17) is 23.4 Å². The van der Waals surface area contributed by atoms with Crippen LogP contribution >= 0.6 is 12.2 Å². The predicted molar refractivity (Wildman–Crippen MR) is 56.0 cm³/mol. The molecule has 6 heteroatoms. The Balaban J connectivity index is 2.37. The molecular formula is C9H6N4OS. The predicted octanol–water partition coefficient (Wildman–Crippen LogP) is 1.29. The molecule has 0 atom stereocenters. The van der Waals surface area contributed by atoms with Crippen LogP contribution in [0.25, 0.3) is 5.69 Å². The average Bonchev–Trinajstić information content (AvgIpc) is 2.66. The molecule has 0 aliphatic carbocycles. The zero-order valence-corrected chi connectivity index (χ0v) is 8.36. The largest absolute Gasteiger partial charge is 0.408 e. The summed E-state index contributed by atoms with van der Waals surface area (Å²) >= 11 is 4.95. The van der Waals surface area contributed by atoms with E-state index in [2.05, 4.69) is 21.6 Å². The van der Waals surface area contributed by atoms with Gasteiger partial charge in [0, 0.05) is 0 Å². The fraction of sp³-hybridized carbons (Fsp3) is 0. The van der Waals surface area contributed by atoms with Crippen molar-refractivity contribution >= 4 is 12.2 Å². The van der Waals surface area contributed by atoms with Crippen molar-refractivity contribution in [3.8, 4) is 24.0 Å². The molecule has 0 aliphatic rings. The highest BCUT2D eigenvalue weighted by atomic mass is 32.1. The first-order chi connectivity index (χ1) is 7.31. The highest BCUT2D eigenvalue weighted by molar-refractivity contribution is 7.71. The molecule has 2 rings (SSSR count). The lowest BCUT2D eigenvalue weighted by Crippen LogP contribution is -1.96. The summed E-state index contributed by atoms with van der Waals surface area (Å²) in [7, 11) is 0. The zero-order valence-electron chi connectivity index (χ0n) is 7.54. The Morgan fingerprint density at radius 3 is 2.67 bits per heavy atom. The van der Waals surface area contributed by atoms with Crippen molar-refractivity contribution in [2.45, 2.75) is 0 Å². The van der Waals surface area contributed by atoms with E-state index in [9.17, 15) is 0 Å². The van der Waals surface area contributed by atoms with Crippen LogP contribution in [0, 0.1) is 17.3 Å². The monoisotopic (exact) mass is 218 g/mol. The Bertz CT molecular complexity index is 548. The normalized spacial score (nSPS) is 9.53. The number of hydrogen-bond acceptors (Lipinski definition) is 4. The molecule has 1 N–H and O–H groups in total. The van der Waals surface area contributed by atoms with Gasteiger partial charge in [-0.1, -0.05) is 16.7 Å². The van der Waals surface area contributed by atoms with Gasteiger partial charge in [0.1, 0.15) is 11.9 Å². The maximum absolute atomic E-state index is 5.00. The maximum Gasteiger partial charge on any atom is 0.242 e. The number of aromatic nitrogens is 4. The minimum atomic E-state index is 0.362. The molecule has 2 aromatic rings. The minimum Gasteiger partial charge on any atom is -0.408 e. The first kappa shape index (κ1) is 9.43. The SMILES string of the molecule is C#COc1ccc(-n2[nH]nnc2=S)cc1. The number of ether oxygens (including phenoxy) is 1. The van der Waals surface area contributed by atoms with Gasteiger partial charge >= 0.3 is 0 Å². The number of nitrogens with one attached hydrogen (secondary N) is 1. The Labute approximate surface area is 90.7 Å². The van der Waals surface area contributed by atoms with E-state index in [0.29, 0.717) is 10.5 Å². The molecule has 1 heterocycles. The van der Waals surface area contributed by atoms with Gasteiger partial charge < -0.3 is 4.74 Å². The summed E-state index contributed by atoms with van der Waals surface area (Å²) in [6.07, 6.45) is 7.09. The van der Waals surface area contributed by atoms with Crippen molar-refractivity contribution in [3.05, 3.63) is 29.0 Å². The lowest BCUT2D eigenvalue weighted by atomic mass is 10.3. The number of nitrogens with zero attached hydrogens (tertiary/aromatic N) is 3. The number of benzene rings is 1. The number of tetrazole rings is 1. The van der Waals surface area contributed by atoms with Gasteiger partial charge in [0.15, 0.2) is 0 Å². The Morgan fingerprint density at radius 2 is 2.13 bits per heavy atom. The van der Waals surface area contributed by atoms with Crippen molar-refractivity contribution in [1.29, 1.82) is 0 Å². The van der Waals surface area contributed by atoms with Crippen molar-refractivity contribution in [1.82, 2.24) is 20.2 Å². The summed E-state index contributed by atoms with van der Waals surface area (Å²) in [6.45, 7) is 0. The van der Waals surface area contributed by atoms with Crippen molar-refractivity contribution in [2.75, 3.05) is 0 Å². The van der Waals surface area contributed by atoms with Crippen LogP contribution in [0.4, 0.5) is 0 Å². The van der Waals surface area contributed by atoms with Crippen molar-refractivity contribution in [3.63, 3.8) is 0 Å². The van der Waals surface area contributed by atoms with Gasteiger partial charge in [0.2, 0.25) is 4.77 Å². The Hall–Kier alpha value is -2.13. The molecule has 0 fully saturated rings. The molecule has 0 amide bonds. The van der Waals surface area contributed by atoms with E-state index < -0.39 is 0 Å². The second-order valence-corrected chi connectivity index (χ2v) is 3.00. The quantitative estimate of drug-likeness (QED) is 0.609. The lowest BCUT2D eigenvalue weighted by molar-refractivity contribution is 0.520. The van der Waals surface area contributed by atoms with Crippen molar-refractivity contribution in [2.24, 2.45) is 0 Å². The molecular weight excluding hydrogens is 212 g/mol. The molecule has 74 valence electrons. The average molecular weight is 218 g/mol. The van der Waals surface area contributed by atoms with E-state index in [-0.39, 0.29) is 0 Å². The molecule has 0 radical (unpaired) electrons. The fourth-order valence-electron chi connectivity index (χ4n) is 1.10. The number of terminal acetylenes is 1. The van der Waals surface area contributed by atoms with Crippen molar-refractivity contribution < 1.29 is 4.74 Å². The van der Waals surface area contributed by atoms with Gasteiger partial charge in [-0.05, 0) is 36.5 Å². The molecule has 5 nitrogen and oxygen atoms in total. The molecule has 0 unspecified atom stereocenters. The number of aromatic amines is 1. The summed E-state index contributed by atoms with van der Waals surface area (Å²) in [4.78, 5) is 0. The first-order valence-corrected chi connectivity index (χ1v) is 4.45. The molecule has 15 heavy (non-hydrogen) atoms. The second kappa shape index (κ2) is 3.94. The molecule has 0 spiro atoms. The molecule has 0 bridgehead atoms. The summed E-state index contributed by atoms with van der Waals surface area (Å²) in [5.41, 5.74) is 0.814. The molecule has 0 aliphatic heterocycles. The second-order valence-electron chi connectivity index (χ2n) is 2.63. The third-order valence-electron chi connectivity index (χ3n) is 1.74. The molecule has 0 saturated carbocycles. The van der Waals surface area contributed by atoms with E-state index in [1.807, 2.05) is 0 Å². The Kier molecular flexibility index (Phi) is 2.48. The van der Waals surface area contributed by atoms with Crippen LogP contribution in [-0.4, -0.2) is 20.2 Å². The maximum atomic E-state index is 5.00. The minimum absolute atomic E-state index is 0.362. The lowest BCUT2D eigenvalue weighted by Gasteiger charge is -2.01. The van der Waals surface area contributed by atoms with Gasteiger partial charge in [-0.25, -0.2) is 4.68 Å². The summed E-state index contributed by atoms with van der Waals surface area (Å²) in [6, 6.07) is 7.06. The van der Waals surface area contributed by atoms with Crippen LogP contribution in [0.3, 0.4) is 0 Å². The van der Waals surface area contributed by atoms with E-state index in [1.165, 1.54) is 0 Å². The van der Waals surface area contributed by atoms with Crippen LogP contribution in [0.15, 0.2) is 24.3 Å². The Morgan fingerprint density at radius 1 is 1.40 bits per heavy atom. The van der Waals surface area contributed by atoms with Crippen LogP contribution in [-0.2, 0) is 0 Å². The molecule has 0 saturated heterocycles. The topological polar surface area (TPSA) is 55.7 Å². The zero-order chi connectivity index (χ0) is 10.7. The van der Waals surface area contributed by atoms with Gasteiger partial charge in [-0.15, -0.1) is 0 Å². The standard InChI is InChI=1S/C9H6N4OS/c1-2-14-8-5-3-7(4-6-8)13-9(15)10-11-12-13/h1,3-6H,(H,10,12,15). The number of hydrogen-bond donors (Lipinski definition) is 1. The van der Waals surface area contributed by atoms with E-state index in [0.717, 1.165) is 5.69 Å². The van der Waals surface area contributed by atoms with Gasteiger partial charge in [-0.2, -0.15) is 5.21 Å². The smallest absolute Gasteiger partial charge is 0.242 e. The third kappa shape index (κ3) is 1.87. The molecule has 1 aromatic heterocycles. The highest BCUT2D eigenvalue weighted by Crippen LogP contribution is 2.13. The number of rotatable bonds is 2. The fourth-order valence-corrected chi connectivity index (χ4v) is 1.28. The molecule has 1 aromatic carbocycles. The van der Waals surface area contributed by atoms with Crippen LogP contribution in [0.2, 0.25) is 0 Å². The highest BCUT2D eigenvalue weighted by Gasteiger charge is 1.99. The van der Waals surface area contributed by atoms with Gasteiger partial charge in [0.25, 0.3) is 0 Å². The van der Waals surface area contributed by atoms with E-state index in [1.54, 1.807) is 28.9 Å². The number of H-pyrrole nitrogens is 1. The van der Waals surface area contributed by atoms with Gasteiger partial charge in [0.05, 0.1) is 5.69 Å². The summed E-state index contributed by atoms with van der Waals surface area (Å²) < 4.78 is 6.79. The summed E-state index contributed by atoms with van der Waals surface area (Å²) in [5.74, 6) is 0.597. The van der Waals surface area contributed by atoms with Crippen LogP contribution in [0.1, 0.15) is 0 Å². The summed E-state index contributed by atoms with van der Waals surface area (Å²) in [5, 5.41) is 9.88. The van der Waals surface area contributed by atoms with Crippen LogP contribution in [0.5, 0.6) is 5.75 Å². The third-order valence-corrected chi connectivity index (χ3v) is 2.01.